The standard InChI is InChI=1S/C18H17ClF4N2O4S/c1-3-28-11-25(30(26,27)18(21,22)23)17-9-4-13(19)10-16(17)12(2)24-29-15-7-5-14(20)6-8-15/h4-10H,3,11H2,1-2H3. The predicted octanol–water partition coefficient (Wildman–Crippen LogP) is 4.93. The van der Waals surface area contributed by atoms with Gasteiger partial charge in [-0.15, -0.1) is 0 Å². The van der Waals surface area contributed by atoms with Crippen LogP contribution in [0.2, 0.25) is 5.02 Å². The fourth-order valence-corrected chi connectivity index (χ4v) is 3.30. The van der Waals surface area contributed by atoms with Crippen molar-refractivity contribution in [1.29, 1.82) is 0 Å². The monoisotopic (exact) mass is 468 g/mol. The zero-order valence-electron chi connectivity index (χ0n) is 15.8. The summed E-state index contributed by atoms with van der Waals surface area (Å²) in [4.78, 5) is 5.14. The molecule has 12 heteroatoms. The van der Waals surface area contributed by atoms with Crippen LogP contribution in [-0.4, -0.2) is 33.0 Å². The van der Waals surface area contributed by atoms with Crippen molar-refractivity contribution in [2.45, 2.75) is 19.4 Å². The van der Waals surface area contributed by atoms with Gasteiger partial charge in [-0.25, -0.2) is 8.70 Å². The normalized spacial score (nSPS) is 12.7. The van der Waals surface area contributed by atoms with Gasteiger partial charge in [-0.1, -0.05) is 16.8 Å². The van der Waals surface area contributed by atoms with E-state index in [1.165, 1.54) is 38.1 Å². The van der Waals surface area contributed by atoms with Crippen LogP contribution >= 0.6 is 11.6 Å². The van der Waals surface area contributed by atoms with E-state index >= 15 is 0 Å². The third-order valence-electron chi connectivity index (χ3n) is 3.71. The lowest BCUT2D eigenvalue weighted by atomic mass is 10.1. The van der Waals surface area contributed by atoms with Gasteiger partial charge in [-0.3, -0.25) is 0 Å². The van der Waals surface area contributed by atoms with Gasteiger partial charge in [0.15, 0.2) is 5.75 Å². The number of nitrogens with zero attached hydrogens (tertiary/aromatic N) is 2. The highest BCUT2D eigenvalue weighted by molar-refractivity contribution is 7.93. The number of ether oxygens (including phenoxy) is 1. The van der Waals surface area contributed by atoms with Crippen LogP contribution in [0.25, 0.3) is 0 Å². The average Bonchev–Trinajstić information content (AvgIpc) is 2.67. The van der Waals surface area contributed by atoms with Crippen molar-refractivity contribution in [3.63, 3.8) is 0 Å². The SMILES string of the molecule is CCOCN(c1ccc(Cl)cc1C(C)=NOc1ccc(F)cc1)S(=O)(=O)C(F)(F)F. The molecule has 0 radical (unpaired) electrons. The van der Waals surface area contributed by atoms with Gasteiger partial charge in [0.05, 0.1) is 11.4 Å². The van der Waals surface area contributed by atoms with Crippen molar-refractivity contribution in [3.05, 3.63) is 58.9 Å². The molecule has 0 heterocycles. The highest BCUT2D eigenvalue weighted by Gasteiger charge is 2.50. The molecule has 0 fully saturated rings. The maximum absolute atomic E-state index is 13.2. The summed E-state index contributed by atoms with van der Waals surface area (Å²) in [6.07, 6.45) is 0. The highest BCUT2D eigenvalue weighted by Crippen LogP contribution is 2.34. The lowest BCUT2D eigenvalue weighted by molar-refractivity contribution is -0.0445. The summed E-state index contributed by atoms with van der Waals surface area (Å²) in [7, 11) is -5.78. The zero-order valence-corrected chi connectivity index (χ0v) is 17.4. The van der Waals surface area contributed by atoms with Crippen LogP contribution in [0.1, 0.15) is 19.4 Å². The minimum absolute atomic E-state index is 0.0203. The molecule has 0 atom stereocenters. The topological polar surface area (TPSA) is 68.2 Å². The van der Waals surface area contributed by atoms with Gasteiger partial charge >= 0.3 is 15.5 Å². The molecule has 30 heavy (non-hydrogen) atoms. The van der Waals surface area contributed by atoms with E-state index in [0.29, 0.717) is 0 Å². The highest BCUT2D eigenvalue weighted by atomic mass is 35.5. The van der Waals surface area contributed by atoms with Crippen molar-refractivity contribution in [2.75, 3.05) is 17.6 Å². The summed E-state index contributed by atoms with van der Waals surface area (Å²) in [5, 5.41) is 3.93. The van der Waals surface area contributed by atoms with Gasteiger partial charge in [0.25, 0.3) is 0 Å². The number of hydrogen-bond acceptors (Lipinski definition) is 5. The van der Waals surface area contributed by atoms with Gasteiger partial charge in [0.1, 0.15) is 12.5 Å². The largest absolute Gasteiger partial charge is 0.516 e. The molecule has 0 saturated carbocycles. The Morgan fingerprint density at radius 2 is 1.80 bits per heavy atom. The first-order chi connectivity index (χ1) is 14.0. The number of halogens is 5. The van der Waals surface area contributed by atoms with E-state index in [9.17, 15) is 26.0 Å². The summed E-state index contributed by atoms with van der Waals surface area (Å²) in [5.41, 5.74) is -5.92. The maximum Gasteiger partial charge on any atom is 0.516 e. The second-order valence-corrected chi connectivity index (χ2v) is 8.09. The van der Waals surface area contributed by atoms with E-state index in [1.807, 2.05) is 0 Å². The summed E-state index contributed by atoms with van der Waals surface area (Å²) in [6.45, 7) is 1.99. The van der Waals surface area contributed by atoms with E-state index in [1.54, 1.807) is 0 Å². The number of hydrogen-bond donors (Lipinski definition) is 0. The smallest absolute Gasteiger partial charge is 0.360 e. The number of anilines is 1. The van der Waals surface area contributed by atoms with Crippen LogP contribution in [0.15, 0.2) is 47.6 Å². The molecule has 0 aliphatic carbocycles. The summed E-state index contributed by atoms with van der Waals surface area (Å²) < 4.78 is 81.9. The molecular formula is C18H17ClF4N2O4S. The van der Waals surface area contributed by atoms with E-state index in [4.69, 9.17) is 21.2 Å². The molecule has 6 nitrogen and oxygen atoms in total. The van der Waals surface area contributed by atoms with Crippen molar-refractivity contribution < 1.29 is 35.6 Å². The number of sulfonamides is 1. The van der Waals surface area contributed by atoms with E-state index in [2.05, 4.69) is 5.16 Å². The second kappa shape index (κ2) is 9.63. The van der Waals surface area contributed by atoms with Crippen LogP contribution in [0.3, 0.4) is 0 Å². The third kappa shape index (κ3) is 5.61. The Hall–Kier alpha value is -2.37. The third-order valence-corrected chi connectivity index (χ3v) is 5.42. The Morgan fingerprint density at radius 3 is 2.37 bits per heavy atom. The van der Waals surface area contributed by atoms with Crippen LogP contribution in [0.5, 0.6) is 5.75 Å². The van der Waals surface area contributed by atoms with Gasteiger partial charge in [-0.2, -0.15) is 21.6 Å². The first kappa shape index (κ1) is 23.9. The van der Waals surface area contributed by atoms with E-state index in [0.717, 1.165) is 18.2 Å². The molecule has 0 amide bonds. The van der Waals surface area contributed by atoms with Crippen LogP contribution in [-0.2, 0) is 14.8 Å². The molecular weight excluding hydrogens is 452 g/mol. The Labute approximate surface area is 175 Å². The molecule has 0 aliphatic heterocycles. The fraction of sp³-hybridized carbons (Fsp3) is 0.278. The van der Waals surface area contributed by atoms with Crippen LogP contribution in [0, 0.1) is 5.82 Å². The first-order valence-electron chi connectivity index (χ1n) is 8.41. The lowest BCUT2D eigenvalue weighted by Crippen LogP contribution is -2.42. The van der Waals surface area contributed by atoms with Gasteiger partial charge < -0.3 is 9.57 Å². The number of oxime groups is 1. The van der Waals surface area contributed by atoms with Gasteiger partial charge in [0, 0.05) is 17.2 Å². The molecule has 0 N–H and O–H groups in total. The van der Waals surface area contributed by atoms with Crippen molar-refractivity contribution in [2.24, 2.45) is 5.16 Å². The minimum Gasteiger partial charge on any atom is -0.360 e. The quantitative estimate of drug-likeness (QED) is 0.238. The van der Waals surface area contributed by atoms with E-state index in [-0.39, 0.29) is 38.6 Å². The Morgan fingerprint density at radius 1 is 1.17 bits per heavy atom. The lowest BCUT2D eigenvalue weighted by Gasteiger charge is -2.27. The molecule has 0 aliphatic rings. The van der Waals surface area contributed by atoms with Crippen LogP contribution in [0.4, 0.5) is 23.2 Å². The first-order valence-corrected chi connectivity index (χ1v) is 10.2. The summed E-state index contributed by atoms with van der Waals surface area (Å²) in [5.74, 6) is -0.336. The van der Waals surface area contributed by atoms with Crippen molar-refractivity contribution in [1.82, 2.24) is 0 Å². The Kier molecular flexibility index (Phi) is 7.67. The fourth-order valence-electron chi connectivity index (χ4n) is 2.25. The van der Waals surface area contributed by atoms with Crippen LogP contribution < -0.4 is 9.14 Å². The maximum atomic E-state index is 13.2. The molecule has 0 bridgehead atoms. The minimum atomic E-state index is -5.78. The molecule has 0 aromatic heterocycles. The van der Waals surface area contributed by atoms with Crippen molar-refractivity contribution >= 4 is 33.0 Å². The molecule has 0 spiro atoms. The van der Waals surface area contributed by atoms with Crippen molar-refractivity contribution in [3.8, 4) is 5.75 Å². The van der Waals surface area contributed by atoms with Gasteiger partial charge in [0.2, 0.25) is 0 Å². The summed E-state index contributed by atoms with van der Waals surface area (Å²) >= 11 is 5.95. The number of rotatable bonds is 8. The number of alkyl halides is 3. The molecule has 164 valence electrons. The molecule has 0 saturated heterocycles. The predicted molar refractivity (Wildman–Crippen MR) is 105 cm³/mol. The zero-order chi connectivity index (χ0) is 22.5. The molecule has 2 aromatic rings. The van der Waals surface area contributed by atoms with E-state index < -0.39 is 28.1 Å². The molecule has 2 aromatic carbocycles. The Balaban J connectivity index is 2.51. The number of benzene rings is 2. The second-order valence-electron chi connectivity index (χ2n) is 5.80. The van der Waals surface area contributed by atoms with Gasteiger partial charge in [-0.05, 0) is 56.3 Å². The molecule has 2 rings (SSSR count). The Bertz CT molecular complexity index is 1010. The molecule has 0 unspecified atom stereocenters. The average molecular weight is 469 g/mol. The summed E-state index contributed by atoms with van der Waals surface area (Å²) in [6, 6.07) is 8.43.